The molecule has 2 aromatic rings. The van der Waals surface area contributed by atoms with Gasteiger partial charge in [0.05, 0.1) is 5.56 Å². The second-order valence-corrected chi connectivity index (χ2v) is 6.55. The third-order valence-corrected chi connectivity index (χ3v) is 4.43. The molecule has 0 saturated heterocycles. The number of hydrogen-bond acceptors (Lipinski definition) is 5. The minimum Gasteiger partial charge on any atom is -0.360 e. The van der Waals surface area contributed by atoms with Crippen molar-refractivity contribution < 1.29 is 27.3 Å². The number of benzene rings is 1. The number of unbranched alkanes of at least 4 members (excludes halogenated alkanes) is 1. The quantitative estimate of drug-likeness (QED) is 0.713. The van der Waals surface area contributed by atoms with Crippen molar-refractivity contribution >= 4 is 28.5 Å². The molecule has 9 heteroatoms. The van der Waals surface area contributed by atoms with Gasteiger partial charge in [-0.25, -0.2) is 0 Å². The highest BCUT2D eigenvalue weighted by atomic mass is 32.2. The van der Waals surface area contributed by atoms with Crippen LogP contribution in [-0.2, 0) is 6.18 Å². The molecule has 0 bridgehead atoms. The van der Waals surface area contributed by atoms with Gasteiger partial charge in [0.25, 0.3) is 5.91 Å². The van der Waals surface area contributed by atoms with Crippen molar-refractivity contribution in [2.45, 2.75) is 32.9 Å². The highest BCUT2D eigenvalue weighted by molar-refractivity contribution is 8.14. The van der Waals surface area contributed by atoms with Crippen LogP contribution in [0.25, 0.3) is 0 Å². The molecule has 0 aliphatic heterocycles. The number of carbonyl (C=O) groups is 2. The summed E-state index contributed by atoms with van der Waals surface area (Å²) in [6.07, 6.45) is -2.68. The molecule has 1 heterocycles. The van der Waals surface area contributed by atoms with E-state index in [4.69, 9.17) is 4.52 Å². The number of rotatable bonds is 6. The van der Waals surface area contributed by atoms with Crippen LogP contribution in [0.5, 0.6) is 0 Å². The average molecular weight is 386 g/mol. The number of halogens is 3. The highest BCUT2D eigenvalue weighted by Gasteiger charge is 2.30. The summed E-state index contributed by atoms with van der Waals surface area (Å²) in [5.74, 6) is 0.0955. The lowest BCUT2D eigenvalue weighted by atomic mass is 10.1. The van der Waals surface area contributed by atoms with E-state index in [2.05, 4.69) is 10.5 Å². The first-order chi connectivity index (χ1) is 12.2. The Balaban J connectivity index is 2.14. The smallest absolute Gasteiger partial charge is 0.360 e. The lowest BCUT2D eigenvalue weighted by molar-refractivity contribution is -0.137. The van der Waals surface area contributed by atoms with Crippen molar-refractivity contribution in [2.24, 2.45) is 0 Å². The molecule has 2 rings (SSSR count). The number of hydrogen-bond donors (Lipinski definition) is 1. The Morgan fingerprint density at radius 2 is 1.88 bits per heavy atom. The summed E-state index contributed by atoms with van der Waals surface area (Å²) in [4.78, 5) is 24.6. The molecule has 1 amide bonds. The Morgan fingerprint density at radius 3 is 2.46 bits per heavy atom. The van der Waals surface area contributed by atoms with Crippen molar-refractivity contribution in [2.75, 3.05) is 11.1 Å². The van der Waals surface area contributed by atoms with E-state index in [1.165, 1.54) is 6.92 Å². The fourth-order valence-electron chi connectivity index (χ4n) is 2.09. The second kappa shape index (κ2) is 8.39. The lowest BCUT2D eigenvalue weighted by Crippen LogP contribution is -2.16. The van der Waals surface area contributed by atoms with Gasteiger partial charge >= 0.3 is 6.18 Å². The van der Waals surface area contributed by atoms with Crippen LogP contribution in [0, 0.1) is 6.92 Å². The molecule has 0 aliphatic rings. The van der Waals surface area contributed by atoms with E-state index in [1.807, 2.05) is 6.92 Å². The molecule has 5 nitrogen and oxygen atoms in total. The number of aryl methyl sites for hydroxylation is 1. The summed E-state index contributed by atoms with van der Waals surface area (Å²) in [7, 11) is 0. The zero-order valence-corrected chi connectivity index (χ0v) is 15.0. The number of carbonyl (C=O) groups excluding carboxylic acids is 2. The first-order valence-corrected chi connectivity index (χ1v) is 8.84. The maximum Gasteiger partial charge on any atom is 0.416 e. The third-order valence-electron chi connectivity index (χ3n) is 3.48. The number of nitrogens with zero attached hydrogens (tertiary/aromatic N) is 1. The molecule has 1 aromatic carbocycles. The van der Waals surface area contributed by atoms with Gasteiger partial charge in [-0.3, -0.25) is 9.59 Å². The van der Waals surface area contributed by atoms with Gasteiger partial charge in [-0.05, 0) is 37.6 Å². The molecule has 1 aromatic heterocycles. The number of anilines is 1. The maximum atomic E-state index is 12.6. The number of alkyl halides is 3. The van der Waals surface area contributed by atoms with E-state index >= 15 is 0 Å². The van der Waals surface area contributed by atoms with E-state index in [9.17, 15) is 22.8 Å². The first kappa shape index (κ1) is 20.0. The van der Waals surface area contributed by atoms with E-state index in [0.29, 0.717) is 5.75 Å². The summed E-state index contributed by atoms with van der Waals surface area (Å²) >= 11 is 1.04. The van der Waals surface area contributed by atoms with Crippen LogP contribution in [0.2, 0.25) is 0 Å². The van der Waals surface area contributed by atoms with Crippen molar-refractivity contribution in [3.8, 4) is 0 Å². The molecule has 0 spiro atoms. The van der Waals surface area contributed by atoms with Crippen LogP contribution in [-0.4, -0.2) is 21.9 Å². The molecular weight excluding hydrogens is 369 g/mol. The van der Waals surface area contributed by atoms with Crippen molar-refractivity contribution in [1.29, 1.82) is 0 Å². The highest BCUT2D eigenvalue weighted by Crippen LogP contribution is 2.30. The fourth-order valence-corrected chi connectivity index (χ4v) is 2.99. The van der Waals surface area contributed by atoms with Gasteiger partial charge in [0.2, 0.25) is 5.12 Å². The summed E-state index contributed by atoms with van der Waals surface area (Å²) < 4.78 is 42.7. The molecule has 0 unspecified atom stereocenters. The Hall–Kier alpha value is -2.29. The molecule has 0 aliphatic carbocycles. The zero-order chi connectivity index (χ0) is 19.3. The number of nitrogens with one attached hydrogen (secondary N) is 1. The summed E-state index contributed by atoms with van der Waals surface area (Å²) in [6, 6.07) is 4.01. The maximum absolute atomic E-state index is 12.6. The number of thioether (sulfide) groups is 1. The topological polar surface area (TPSA) is 72.2 Å². The molecule has 0 radical (unpaired) electrons. The molecular formula is C17H17F3N2O3S. The van der Waals surface area contributed by atoms with Crippen LogP contribution in [0.4, 0.5) is 18.9 Å². The molecule has 1 N–H and O–H groups in total. The Kier molecular flexibility index (Phi) is 6.47. The van der Waals surface area contributed by atoms with Crippen LogP contribution < -0.4 is 5.32 Å². The predicted molar refractivity (Wildman–Crippen MR) is 92.3 cm³/mol. The molecule has 0 saturated carbocycles. The summed E-state index contributed by atoms with van der Waals surface area (Å²) in [5.41, 5.74) is -0.757. The van der Waals surface area contributed by atoms with E-state index in [1.54, 1.807) is 0 Å². The normalized spacial score (nSPS) is 11.4. The standard InChI is InChI=1S/C17H17F3N2O3S/c1-3-4-9-26-16(24)14-13(10(2)25-22-14)15(23)21-12-7-5-11(6-8-12)17(18,19)20/h5-8H,3-4,9H2,1-2H3,(H,21,23). The SMILES string of the molecule is CCCCSC(=O)c1noc(C)c1C(=O)Nc1ccc(C(F)(F)F)cc1. The monoisotopic (exact) mass is 386 g/mol. The van der Waals surface area contributed by atoms with Gasteiger partial charge in [-0.2, -0.15) is 13.2 Å². The lowest BCUT2D eigenvalue weighted by Gasteiger charge is -2.09. The molecule has 26 heavy (non-hydrogen) atoms. The van der Waals surface area contributed by atoms with Gasteiger partial charge in [0.15, 0.2) is 5.69 Å². The minimum absolute atomic E-state index is 0.0149. The third kappa shape index (κ3) is 4.87. The average Bonchev–Trinajstić information content (AvgIpc) is 2.96. The van der Waals surface area contributed by atoms with Crippen molar-refractivity contribution in [1.82, 2.24) is 5.16 Å². The van der Waals surface area contributed by atoms with Gasteiger partial charge < -0.3 is 9.84 Å². The Bertz CT molecular complexity index is 786. The van der Waals surface area contributed by atoms with Crippen molar-refractivity contribution in [3.05, 3.63) is 46.8 Å². The van der Waals surface area contributed by atoms with E-state index in [0.717, 1.165) is 48.9 Å². The van der Waals surface area contributed by atoms with Gasteiger partial charge in [-0.15, -0.1) is 0 Å². The van der Waals surface area contributed by atoms with Crippen LogP contribution in [0.3, 0.4) is 0 Å². The Labute approximate surface area is 152 Å². The molecule has 140 valence electrons. The van der Waals surface area contributed by atoms with Crippen LogP contribution in [0.15, 0.2) is 28.8 Å². The fraction of sp³-hybridized carbons (Fsp3) is 0.353. The van der Waals surface area contributed by atoms with Gasteiger partial charge in [0.1, 0.15) is 11.3 Å². The van der Waals surface area contributed by atoms with Crippen LogP contribution >= 0.6 is 11.8 Å². The van der Waals surface area contributed by atoms with Gasteiger partial charge in [0, 0.05) is 11.4 Å². The predicted octanol–water partition coefficient (Wildman–Crippen LogP) is 4.93. The zero-order valence-electron chi connectivity index (χ0n) is 14.1. The first-order valence-electron chi connectivity index (χ1n) is 7.86. The van der Waals surface area contributed by atoms with Crippen molar-refractivity contribution in [3.63, 3.8) is 0 Å². The molecule has 0 fully saturated rings. The Morgan fingerprint density at radius 1 is 1.23 bits per heavy atom. The number of aromatic nitrogens is 1. The largest absolute Gasteiger partial charge is 0.416 e. The summed E-state index contributed by atoms with van der Waals surface area (Å²) in [6.45, 7) is 3.48. The van der Waals surface area contributed by atoms with Gasteiger partial charge in [-0.1, -0.05) is 30.3 Å². The second-order valence-electron chi connectivity index (χ2n) is 5.48. The van der Waals surface area contributed by atoms with E-state index in [-0.39, 0.29) is 27.8 Å². The minimum atomic E-state index is -4.46. The van der Waals surface area contributed by atoms with Crippen LogP contribution in [0.1, 0.15) is 51.9 Å². The van der Waals surface area contributed by atoms with E-state index < -0.39 is 17.6 Å². The number of amides is 1. The summed E-state index contributed by atoms with van der Waals surface area (Å²) in [5, 5.41) is 5.73. The molecule has 0 atom stereocenters.